The van der Waals surface area contributed by atoms with Crippen molar-refractivity contribution < 1.29 is 0 Å². The predicted molar refractivity (Wildman–Crippen MR) is 127 cm³/mol. The number of aromatic nitrogens is 4. The van der Waals surface area contributed by atoms with Crippen molar-refractivity contribution in [1.82, 2.24) is 24.9 Å². The standard InChI is InChI=1S/C27H36N6/c1-16-11-28-32(2)25(16)23-5-6-24(31-30-23)29-22-4-3-17-12-33(13-21(17)22)15-26-9-19-7-18-8-20(10-26)27(18,19)14-26/h5-6,11,17-22H,3-4,7-10,12-15H2,1-2H3,(H,29,31). The number of hydrogen-bond acceptors (Lipinski definition) is 5. The lowest BCUT2D eigenvalue weighted by Crippen LogP contribution is -2.59. The van der Waals surface area contributed by atoms with Gasteiger partial charge in [-0.3, -0.25) is 4.68 Å². The third kappa shape index (κ3) is 2.51. The number of likely N-dealkylation sites (tertiary alicyclic amines) is 1. The zero-order valence-electron chi connectivity index (χ0n) is 20.0. The third-order valence-corrected chi connectivity index (χ3v) is 11.3. The fourth-order valence-electron chi connectivity index (χ4n) is 10.2. The van der Waals surface area contributed by atoms with Crippen LogP contribution in [-0.4, -0.2) is 50.6 Å². The first-order valence-corrected chi connectivity index (χ1v) is 13.3. The number of hydrogen-bond donors (Lipinski definition) is 1. The number of rotatable bonds is 5. The summed E-state index contributed by atoms with van der Waals surface area (Å²) in [5, 5.41) is 17.2. The van der Waals surface area contributed by atoms with Gasteiger partial charge in [0.25, 0.3) is 0 Å². The lowest BCUT2D eigenvalue weighted by molar-refractivity contribution is -0.177. The molecule has 1 spiro atoms. The minimum atomic E-state index is 0.540. The van der Waals surface area contributed by atoms with E-state index in [1.807, 2.05) is 17.9 Å². The second kappa shape index (κ2) is 6.38. The molecule has 33 heavy (non-hydrogen) atoms. The fraction of sp³-hybridized carbons (Fsp3) is 0.741. The molecule has 5 aliphatic carbocycles. The molecule has 3 heterocycles. The highest BCUT2D eigenvalue weighted by atomic mass is 15.3. The van der Waals surface area contributed by atoms with Gasteiger partial charge >= 0.3 is 0 Å². The van der Waals surface area contributed by atoms with Gasteiger partial charge in [0.15, 0.2) is 0 Å². The Balaban J connectivity index is 0.937. The lowest BCUT2D eigenvalue weighted by atomic mass is 9.38. The lowest BCUT2D eigenvalue weighted by Gasteiger charge is -2.66. The molecule has 6 heteroatoms. The molecular weight excluding hydrogens is 408 g/mol. The molecule has 0 radical (unpaired) electrons. The summed E-state index contributed by atoms with van der Waals surface area (Å²) in [7, 11) is 1.96. The molecule has 0 aromatic carbocycles. The van der Waals surface area contributed by atoms with Gasteiger partial charge in [-0.15, -0.1) is 10.2 Å². The molecule has 5 unspecified atom stereocenters. The maximum absolute atomic E-state index is 4.55. The summed E-state index contributed by atoms with van der Waals surface area (Å²) in [6.45, 7) is 6.09. The summed E-state index contributed by atoms with van der Waals surface area (Å²) in [6.07, 6.45) is 12.4. The molecule has 1 aliphatic heterocycles. The summed E-state index contributed by atoms with van der Waals surface area (Å²) in [6, 6.07) is 4.73. The topological polar surface area (TPSA) is 58.9 Å². The van der Waals surface area contributed by atoms with Crippen molar-refractivity contribution in [3.05, 3.63) is 23.9 Å². The van der Waals surface area contributed by atoms with Crippen LogP contribution in [0.4, 0.5) is 5.82 Å². The van der Waals surface area contributed by atoms with E-state index in [0.717, 1.165) is 57.8 Å². The highest BCUT2D eigenvalue weighted by Crippen LogP contribution is 2.84. The average Bonchev–Trinajstić information content (AvgIpc) is 3.55. The number of aryl methyl sites for hydroxylation is 2. The van der Waals surface area contributed by atoms with Crippen LogP contribution in [0.5, 0.6) is 0 Å². The van der Waals surface area contributed by atoms with E-state index >= 15 is 0 Å². The zero-order chi connectivity index (χ0) is 21.9. The van der Waals surface area contributed by atoms with Crippen LogP contribution >= 0.6 is 0 Å². The van der Waals surface area contributed by atoms with Crippen LogP contribution in [0, 0.1) is 47.3 Å². The summed E-state index contributed by atoms with van der Waals surface area (Å²) in [5.74, 6) is 5.92. The van der Waals surface area contributed by atoms with Gasteiger partial charge in [-0.05, 0) is 110 Å². The molecule has 5 saturated carbocycles. The summed E-state index contributed by atoms with van der Waals surface area (Å²) < 4.78 is 1.88. The van der Waals surface area contributed by atoms with E-state index in [-0.39, 0.29) is 0 Å². The second-order valence-electron chi connectivity index (χ2n) is 12.8. The largest absolute Gasteiger partial charge is 0.366 e. The molecule has 6 fully saturated rings. The third-order valence-electron chi connectivity index (χ3n) is 11.3. The summed E-state index contributed by atoms with van der Waals surface area (Å²) in [5.41, 5.74) is 4.63. The Kier molecular flexibility index (Phi) is 3.74. The molecule has 0 amide bonds. The molecule has 2 bridgehead atoms. The van der Waals surface area contributed by atoms with Gasteiger partial charge in [0.05, 0.1) is 11.9 Å². The van der Waals surface area contributed by atoms with Crippen LogP contribution in [0.25, 0.3) is 11.4 Å². The van der Waals surface area contributed by atoms with Crippen LogP contribution < -0.4 is 5.32 Å². The number of nitrogens with zero attached hydrogens (tertiary/aromatic N) is 5. The van der Waals surface area contributed by atoms with E-state index in [4.69, 9.17) is 0 Å². The van der Waals surface area contributed by atoms with Crippen LogP contribution in [0.3, 0.4) is 0 Å². The highest BCUT2D eigenvalue weighted by Gasteiger charge is 2.77. The molecule has 174 valence electrons. The van der Waals surface area contributed by atoms with E-state index < -0.39 is 0 Å². The molecule has 2 aromatic rings. The highest BCUT2D eigenvalue weighted by molar-refractivity contribution is 5.59. The van der Waals surface area contributed by atoms with Gasteiger partial charge in [0, 0.05) is 32.7 Å². The van der Waals surface area contributed by atoms with Crippen LogP contribution in [-0.2, 0) is 7.05 Å². The Morgan fingerprint density at radius 3 is 2.58 bits per heavy atom. The summed E-state index contributed by atoms with van der Waals surface area (Å²) in [4.78, 5) is 2.88. The minimum Gasteiger partial charge on any atom is -0.366 e. The fourth-order valence-corrected chi connectivity index (χ4v) is 10.2. The van der Waals surface area contributed by atoms with Crippen molar-refractivity contribution in [2.24, 2.45) is 47.5 Å². The number of anilines is 1. The van der Waals surface area contributed by atoms with Crippen molar-refractivity contribution in [2.45, 2.75) is 57.9 Å². The van der Waals surface area contributed by atoms with Gasteiger partial charge < -0.3 is 10.2 Å². The second-order valence-corrected chi connectivity index (χ2v) is 12.8. The first-order chi connectivity index (χ1) is 16.0. The average molecular weight is 445 g/mol. The number of fused-ring (bicyclic) bond motifs is 2. The van der Waals surface area contributed by atoms with Gasteiger partial charge in [0.1, 0.15) is 11.5 Å². The molecular formula is C27H36N6. The van der Waals surface area contributed by atoms with Gasteiger partial charge in [-0.25, -0.2) is 0 Å². The van der Waals surface area contributed by atoms with Crippen molar-refractivity contribution in [1.29, 1.82) is 0 Å². The smallest absolute Gasteiger partial charge is 0.148 e. The first-order valence-electron chi connectivity index (χ1n) is 13.3. The molecule has 6 aliphatic rings. The Labute approximate surface area is 196 Å². The SMILES string of the molecule is Cc1cnn(C)c1-c1ccc(NC2CCC3CN(CC45CC6CC7CC(C4)C76C5)CC32)nn1. The Bertz CT molecular complexity index is 1070. The van der Waals surface area contributed by atoms with Gasteiger partial charge in [0.2, 0.25) is 0 Å². The maximum Gasteiger partial charge on any atom is 0.148 e. The first kappa shape index (κ1) is 19.4. The predicted octanol–water partition coefficient (Wildman–Crippen LogP) is 4.13. The van der Waals surface area contributed by atoms with Gasteiger partial charge in [-0.1, -0.05) is 0 Å². The monoisotopic (exact) mass is 444 g/mol. The van der Waals surface area contributed by atoms with Crippen molar-refractivity contribution in [2.75, 3.05) is 25.0 Å². The van der Waals surface area contributed by atoms with Crippen LogP contribution in [0.1, 0.15) is 50.5 Å². The normalized spacial score (nSPS) is 44.4. The van der Waals surface area contributed by atoms with Crippen LogP contribution in [0.2, 0.25) is 0 Å². The molecule has 8 rings (SSSR count). The maximum atomic E-state index is 4.55. The van der Waals surface area contributed by atoms with E-state index in [1.54, 1.807) is 32.1 Å². The van der Waals surface area contributed by atoms with Gasteiger partial charge in [-0.2, -0.15) is 5.10 Å². The van der Waals surface area contributed by atoms with E-state index in [2.05, 4.69) is 44.6 Å². The van der Waals surface area contributed by atoms with E-state index in [1.165, 1.54) is 32.5 Å². The quantitative estimate of drug-likeness (QED) is 0.751. The Hall–Kier alpha value is -1.95. The van der Waals surface area contributed by atoms with Crippen LogP contribution in [0.15, 0.2) is 18.3 Å². The number of nitrogens with one attached hydrogen (secondary N) is 1. The van der Waals surface area contributed by atoms with Crippen molar-refractivity contribution >= 4 is 5.82 Å². The molecule has 1 saturated heterocycles. The Morgan fingerprint density at radius 1 is 1.06 bits per heavy atom. The zero-order valence-corrected chi connectivity index (χ0v) is 20.0. The Morgan fingerprint density at radius 2 is 1.91 bits per heavy atom. The molecule has 6 nitrogen and oxygen atoms in total. The molecule has 2 aromatic heterocycles. The van der Waals surface area contributed by atoms with E-state index in [9.17, 15) is 0 Å². The van der Waals surface area contributed by atoms with Crippen molar-refractivity contribution in [3.63, 3.8) is 0 Å². The van der Waals surface area contributed by atoms with E-state index in [0.29, 0.717) is 11.5 Å². The molecule has 5 atom stereocenters. The minimum absolute atomic E-state index is 0.540. The molecule has 1 N–H and O–H groups in total. The van der Waals surface area contributed by atoms with Crippen molar-refractivity contribution in [3.8, 4) is 11.4 Å². The summed E-state index contributed by atoms with van der Waals surface area (Å²) >= 11 is 0.